The molecule has 0 fully saturated rings. The van der Waals surface area contributed by atoms with Crippen molar-refractivity contribution < 1.29 is 22.5 Å². The number of aromatic amines is 1. The maximum absolute atomic E-state index is 12.8. The van der Waals surface area contributed by atoms with E-state index in [9.17, 15) is 18.0 Å². The maximum Gasteiger partial charge on any atom is 0.416 e. The molecule has 148 valence electrons. The van der Waals surface area contributed by atoms with E-state index in [2.05, 4.69) is 30.4 Å². The first-order valence-corrected chi connectivity index (χ1v) is 8.18. The Morgan fingerprint density at radius 2 is 2.03 bits per heavy atom. The van der Waals surface area contributed by atoms with Crippen molar-refractivity contribution in [2.75, 3.05) is 5.73 Å². The van der Waals surface area contributed by atoms with Gasteiger partial charge in [-0.3, -0.25) is 4.79 Å². The number of halogens is 3. The number of nitrogens with one attached hydrogen (secondary N) is 2. The molecular formula is C17H12F3N7O2. The number of hydrogen-bond acceptors (Lipinski definition) is 7. The van der Waals surface area contributed by atoms with Crippen LogP contribution in [0.4, 0.5) is 19.0 Å². The van der Waals surface area contributed by atoms with Gasteiger partial charge in [0.2, 0.25) is 0 Å². The number of benzene rings is 1. The van der Waals surface area contributed by atoms with Crippen molar-refractivity contribution >= 4 is 22.8 Å². The zero-order valence-electron chi connectivity index (χ0n) is 14.5. The number of alkyl halides is 3. The summed E-state index contributed by atoms with van der Waals surface area (Å²) in [7, 11) is 0. The van der Waals surface area contributed by atoms with E-state index in [-0.39, 0.29) is 35.1 Å². The van der Waals surface area contributed by atoms with Crippen LogP contribution in [0.5, 0.6) is 0 Å². The van der Waals surface area contributed by atoms with Gasteiger partial charge >= 0.3 is 6.18 Å². The molecule has 0 spiro atoms. The number of rotatable bonds is 4. The van der Waals surface area contributed by atoms with Gasteiger partial charge in [-0.25, -0.2) is 15.0 Å². The highest BCUT2D eigenvalue weighted by atomic mass is 19.4. The SMILES string of the molecule is Nc1cc(C(=O)NCc2cc(-c3nc4ccc(C(F)(F)F)cc4[nH]3)no2)ncn1. The first-order valence-electron chi connectivity index (χ1n) is 8.18. The standard InChI is InChI=1S/C17H12F3N7O2/c18-17(19,20)8-1-2-10-11(3-8)26-15(25-10)12-4-9(29-27-12)6-22-16(28)13-5-14(21)24-7-23-13/h1-5,7H,6H2,(H,22,28)(H,25,26)(H2,21,23,24). The summed E-state index contributed by atoms with van der Waals surface area (Å²) in [5.74, 6) is 0.224. The number of nitrogen functional groups attached to an aromatic ring is 1. The van der Waals surface area contributed by atoms with Crippen LogP contribution in [0.25, 0.3) is 22.6 Å². The van der Waals surface area contributed by atoms with Crippen molar-refractivity contribution in [1.29, 1.82) is 0 Å². The molecule has 4 rings (SSSR count). The molecule has 4 N–H and O–H groups in total. The van der Waals surface area contributed by atoms with Crippen LogP contribution in [0, 0.1) is 0 Å². The van der Waals surface area contributed by atoms with Crippen LogP contribution in [0.1, 0.15) is 21.8 Å². The van der Waals surface area contributed by atoms with Crippen molar-refractivity contribution in [1.82, 2.24) is 30.4 Å². The van der Waals surface area contributed by atoms with Crippen LogP contribution < -0.4 is 11.1 Å². The summed E-state index contributed by atoms with van der Waals surface area (Å²) >= 11 is 0. The summed E-state index contributed by atoms with van der Waals surface area (Å²) in [5, 5.41) is 6.41. The van der Waals surface area contributed by atoms with E-state index in [4.69, 9.17) is 10.3 Å². The Morgan fingerprint density at radius 1 is 1.21 bits per heavy atom. The number of imidazole rings is 1. The number of aromatic nitrogens is 5. The lowest BCUT2D eigenvalue weighted by molar-refractivity contribution is -0.137. The van der Waals surface area contributed by atoms with Gasteiger partial charge in [0.15, 0.2) is 11.6 Å². The van der Waals surface area contributed by atoms with E-state index in [0.29, 0.717) is 11.3 Å². The van der Waals surface area contributed by atoms with Crippen LogP contribution in [-0.4, -0.2) is 31.0 Å². The first-order chi connectivity index (χ1) is 13.8. The molecule has 0 bridgehead atoms. The number of nitrogens with zero attached hydrogens (tertiary/aromatic N) is 4. The molecule has 0 saturated carbocycles. The molecule has 3 heterocycles. The Morgan fingerprint density at radius 3 is 2.79 bits per heavy atom. The third-order valence-corrected chi connectivity index (χ3v) is 3.95. The van der Waals surface area contributed by atoms with Crippen LogP contribution in [-0.2, 0) is 12.7 Å². The van der Waals surface area contributed by atoms with Gasteiger partial charge in [0.1, 0.15) is 23.5 Å². The monoisotopic (exact) mass is 403 g/mol. The number of carbonyl (C=O) groups is 1. The number of amides is 1. The lowest BCUT2D eigenvalue weighted by Gasteiger charge is -2.05. The molecule has 12 heteroatoms. The molecular weight excluding hydrogens is 391 g/mol. The largest absolute Gasteiger partial charge is 0.416 e. The van der Waals surface area contributed by atoms with Crippen LogP contribution in [0.15, 0.2) is 41.2 Å². The van der Waals surface area contributed by atoms with E-state index in [1.807, 2.05) is 0 Å². The number of nitrogens with two attached hydrogens (primary N) is 1. The van der Waals surface area contributed by atoms with Crippen LogP contribution in [0.2, 0.25) is 0 Å². The second kappa shape index (κ2) is 6.89. The number of anilines is 1. The molecule has 0 unspecified atom stereocenters. The summed E-state index contributed by atoms with van der Waals surface area (Å²) < 4.78 is 43.6. The first kappa shape index (κ1) is 18.4. The molecule has 29 heavy (non-hydrogen) atoms. The van der Waals surface area contributed by atoms with Gasteiger partial charge in [0.25, 0.3) is 5.91 Å². The number of H-pyrrole nitrogens is 1. The fourth-order valence-electron chi connectivity index (χ4n) is 2.57. The zero-order chi connectivity index (χ0) is 20.6. The highest BCUT2D eigenvalue weighted by Crippen LogP contribution is 2.31. The summed E-state index contributed by atoms with van der Waals surface area (Å²) in [6.45, 7) is 0.00813. The van der Waals surface area contributed by atoms with Gasteiger partial charge in [0, 0.05) is 12.1 Å². The Bertz CT molecular complexity index is 1200. The Labute approximate surface area is 160 Å². The average molecular weight is 403 g/mol. The predicted octanol–water partition coefficient (Wildman–Crippen LogP) is 2.54. The van der Waals surface area contributed by atoms with Crippen molar-refractivity contribution in [2.24, 2.45) is 0 Å². The minimum atomic E-state index is -4.45. The Kier molecular flexibility index (Phi) is 4.37. The fourth-order valence-corrected chi connectivity index (χ4v) is 2.57. The summed E-state index contributed by atoms with van der Waals surface area (Å²) in [6.07, 6.45) is -3.28. The molecule has 0 radical (unpaired) electrons. The minimum absolute atomic E-state index is 0.00813. The highest BCUT2D eigenvalue weighted by molar-refractivity contribution is 5.92. The van der Waals surface area contributed by atoms with Gasteiger partial charge in [-0.15, -0.1) is 0 Å². The maximum atomic E-state index is 12.8. The van der Waals surface area contributed by atoms with Crippen molar-refractivity contribution in [2.45, 2.75) is 12.7 Å². The van der Waals surface area contributed by atoms with Gasteiger partial charge in [-0.1, -0.05) is 5.16 Å². The smallest absolute Gasteiger partial charge is 0.384 e. The molecule has 0 atom stereocenters. The van der Waals surface area contributed by atoms with Crippen molar-refractivity contribution in [3.05, 3.63) is 53.7 Å². The summed E-state index contributed by atoms with van der Waals surface area (Å²) in [4.78, 5) is 26.5. The lowest BCUT2D eigenvalue weighted by atomic mass is 10.2. The Hall–Kier alpha value is -3.96. The zero-order valence-corrected chi connectivity index (χ0v) is 14.5. The predicted molar refractivity (Wildman–Crippen MR) is 94.2 cm³/mol. The average Bonchev–Trinajstić information content (AvgIpc) is 3.31. The topological polar surface area (TPSA) is 136 Å². The van der Waals surface area contributed by atoms with E-state index in [0.717, 1.165) is 12.1 Å². The van der Waals surface area contributed by atoms with E-state index in [1.54, 1.807) is 0 Å². The van der Waals surface area contributed by atoms with E-state index >= 15 is 0 Å². The molecule has 1 amide bonds. The molecule has 0 aliphatic rings. The van der Waals surface area contributed by atoms with Gasteiger partial charge in [-0.05, 0) is 18.2 Å². The van der Waals surface area contributed by atoms with Gasteiger partial charge in [-0.2, -0.15) is 13.2 Å². The van der Waals surface area contributed by atoms with Crippen molar-refractivity contribution in [3.63, 3.8) is 0 Å². The van der Waals surface area contributed by atoms with Gasteiger partial charge < -0.3 is 20.6 Å². The third-order valence-electron chi connectivity index (χ3n) is 3.95. The second-order valence-electron chi connectivity index (χ2n) is 6.00. The van der Waals surface area contributed by atoms with E-state index in [1.165, 1.54) is 24.5 Å². The molecule has 1 aromatic carbocycles. The normalized spacial score (nSPS) is 11.7. The second-order valence-corrected chi connectivity index (χ2v) is 6.00. The Balaban J connectivity index is 1.49. The van der Waals surface area contributed by atoms with Gasteiger partial charge in [0.05, 0.1) is 23.1 Å². The van der Waals surface area contributed by atoms with E-state index < -0.39 is 17.6 Å². The molecule has 3 aromatic heterocycles. The molecule has 0 saturated heterocycles. The third kappa shape index (κ3) is 3.85. The minimum Gasteiger partial charge on any atom is -0.384 e. The van der Waals surface area contributed by atoms with Crippen LogP contribution in [0.3, 0.4) is 0 Å². The van der Waals surface area contributed by atoms with Crippen molar-refractivity contribution in [3.8, 4) is 11.5 Å². The quantitative estimate of drug-likeness (QED) is 0.476. The molecule has 4 aromatic rings. The number of carbonyl (C=O) groups excluding carboxylic acids is 1. The fraction of sp³-hybridized carbons (Fsp3) is 0.118. The molecule has 0 aliphatic carbocycles. The summed E-state index contributed by atoms with van der Waals surface area (Å²) in [5.41, 5.74) is 5.67. The molecule has 0 aliphatic heterocycles. The number of fused-ring (bicyclic) bond motifs is 1. The lowest BCUT2D eigenvalue weighted by Crippen LogP contribution is -2.23. The number of hydrogen-bond donors (Lipinski definition) is 3. The highest BCUT2D eigenvalue weighted by Gasteiger charge is 2.30. The van der Waals surface area contributed by atoms with Crippen LogP contribution >= 0.6 is 0 Å². The molecule has 9 nitrogen and oxygen atoms in total. The summed E-state index contributed by atoms with van der Waals surface area (Å²) in [6, 6.07) is 6.03.